The average molecular weight is 655 g/mol. The number of nitro benzene ring substituents is 1. The van der Waals surface area contributed by atoms with Crippen LogP contribution in [0.4, 0.5) is 26.2 Å². The van der Waals surface area contributed by atoms with Gasteiger partial charge in [-0.15, -0.1) is 0 Å². The number of aromatic hydroxyl groups is 1. The Morgan fingerprint density at radius 3 is 2.26 bits per heavy atom. The van der Waals surface area contributed by atoms with Crippen molar-refractivity contribution in [3.05, 3.63) is 74.3 Å². The third-order valence-corrected chi connectivity index (χ3v) is 8.91. The number of fused-ring (bicyclic) bond motifs is 3. The number of rotatable bonds is 6. The van der Waals surface area contributed by atoms with E-state index in [1.807, 2.05) is 0 Å². The molecule has 3 amide bonds. The van der Waals surface area contributed by atoms with Crippen molar-refractivity contribution >= 4 is 46.3 Å². The monoisotopic (exact) mass is 654 g/mol. The molecule has 47 heavy (non-hydrogen) atoms. The molecule has 2 aromatic carbocycles. The number of urea groups is 1. The Morgan fingerprint density at radius 2 is 1.68 bits per heavy atom. The highest BCUT2D eigenvalue weighted by Gasteiger charge is 2.65. The summed E-state index contributed by atoms with van der Waals surface area (Å²) in [5, 5.41) is 61.5. The first-order chi connectivity index (χ1) is 21.9. The van der Waals surface area contributed by atoms with Crippen LogP contribution in [-0.4, -0.2) is 98.5 Å². The number of aliphatic hydroxyl groups is 3. The number of nitrogens with one attached hydrogen (secondary N) is 2. The number of halogens is 1. The molecule has 3 aliphatic rings. The van der Waals surface area contributed by atoms with Crippen LogP contribution in [0.1, 0.15) is 23.6 Å². The van der Waals surface area contributed by atoms with Crippen LogP contribution in [0.15, 0.2) is 47.2 Å². The van der Waals surface area contributed by atoms with Crippen LogP contribution in [0.3, 0.4) is 0 Å². The summed E-state index contributed by atoms with van der Waals surface area (Å²) in [6.45, 7) is 0. The SMILES string of the molecule is CN(C)C1c2ccc(NC(=O)Nc3ccc(F)c([N+](=O)[O-])c3)c(O)c2C(O)=C2C(=O)[C@]3(O)C(O)=C(C(N)=O)C(=O)[C@@H](N(C)C)C3CC21. The van der Waals surface area contributed by atoms with E-state index in [1.54, 1.807) is 19.0 Å². The Labute approximate surface area is 265 Å². The maximum absolute atomic E-state index is 14.2. The van der Waals surface area contributed by atoms with E-state index in [0.29, 0.717) is 5.56 Å². The third kappa shape index (κ3) is 4.95. The minimum Gasteiger partial charge on any atom is -0.508 e. The van der Waals surface area contributed by atoms with Gasteiger partial charge < -0.3 is 41.7 Å². The number of phenolic OH excluding ortho intramolecular Hbond substituents is 1. The van der Waals surface area contributed by atoms with Gasteiger partial charge in [-0.25, -0.2) is 4.79 Å². The molecule has 5 atom stereocenters. The van der Waals surface area contributed by atoms with Gasteiger partial charge in [-0.2, -0.15) is 4.39 Å². The summed E-state index contributed by atoms with van der Waals surface area (Å²) in [7, 11) is 6.32. The number of hydrogen-bond acceptors (Lipinski definition) is 12. The van der Waals surface area contributed by atoms with Gasteiger partial charge in [0.15, 0.2) is 11.4 Å². The molecule has 3 unspecified atom stereocenters. The Hall–Kier alpha value is -5.39. The Kier molecular flexibility index (Phi) is 8.03. The van der Waals surface area contributed by atoms with Gasteiger partial charge in [0.05, 0.1) is 22.2 Å². The van der Waals surface area contributed by atoms with Crippen LogP contribution in [-0.2, 0) is 14.4 Å². The number of aliphatic hydroxyl groups excluding tert-OH is 2. The highest BCUT2D eigenvalue weighted by Crippen LogP contribution is 2.57. The molecule has 1 fully saturated rings. The predicted octanol–water partition coefficient (Wildman–Crippen LogP) is 1.72. The maximum Gasteiger partial charge on any atom is 0.323 e. The zero-order chi connectivity index (χ0) is 34.9. The fourth-order valence-electron chi connectivity index (χ4n) is 6.99. The number of Topliss-reactive ketones (excluding diaryl/α,β-unsaturated/α-hetero) is 2. The fourth-order valence-corrected chi connectivity index (χ4v) is 6.99. The number of carbonyl (C=O) groups excluding carboxylic acids is 4. The number of amides is 3. The molecular weight excluding hydrogens is 623 g/mol. The number of likely N-dealkylation sites (N-methyl/N-ethyl adjacent to an activating group) is 1. The van der Waals surface area contributed by atoms with Crippen LogP contribution < -0.4 is 16.4 Å². The second-order valence-corrected chi connectivity index (χ2v) is 12.0. The van der Waals surface area contributed by atoms with Crippen molar-refractivity contribution in [3.63, 3.8) is 0 Å². The lowest BCUT2D eigenvalue weighted by Crippen LogP contribution is -2.66. The maximum atomic E-state index is 14.2. The smallest absolute Gasteiger partial charge is 0.323 e. The molecule has 0 radical (unpaired) electrons. The van der Waals surface area contributed by atoms with Crippen LogP contribution in [0, 0.1) is 27.8 Å². The quantitative estimate of drug-likeness (QED) is 0.102. The van der Waals surface area contributed by atoms with Gasteiger partial charge in [-0.3, -0.25) is 29.4 Å². The molecule has 248 valence electrons. The number of nitro groups is 1. The molecule has 0 aliphatic heterocycles. The van der Waals surface area contributed by atoms with Crippen molar-refractivity contribution in [1.82, 2.24) is 9.80 Å². The van der Waals surface area contributed by atoms with Crippen LogP contribution in [0.25, 0.3) is 5.76 Å². The number of benzene rings is 2. The molecule has 1 saturated carbocycles. The van der Waals surface area contributed by atoms with Crippen molar-refractivity contribution in [2.24, 2.45) is 17.6 Å². The summed E-state index contributed by atoms with van der Waals surface area (Å²) in [4.78, 5) is 65.7. The van der Waals surface area contributed by atoms with E-state index in [1.165, 1.54) is 31.1 Å². The van der Waals surface area contributed by atoms with Gasteiger partial charge in [0.25, 0.3) is 5.91 Å². The molecule has 5 rings (SSSR count). The lowest BCUT2D eigenvalue weighted by molar-refractivity contribution is -0.387. The molecule has 17 heteroatoms. The lowest BCUT2D eigenvalue weighted by Gasteiger charge is -2.52. The molecule has 0 heterocycles. The second kappa shape index (κ2) is 11.4. The number of ketones is 2. The minimum absolute atomic E-state index is 0.137. The summed E-state index contributed by atoms with van der Waals surface area (Å²) in [6.07, 6.45) is -0.137. The number of anilines is 2. The third-order valence-electron chi connectivity index (χ3n) is 8.91. The molecule has 8 N–H and O–H groups in total. The average Bonchev–Trinajstić information content (AvgIpc) is 2.96. The molecule has 0 spiro atoms. The first-order valence-electron chi connectivity index (χ1n) is 14.1. The molecule has 0 aromatic heterocycles. The summed E-state index contributed by atoms with van der Waals surface area (Å²) in [5.74, 6) is -9.42. The van der Waals surface area contributed by atoms with E-state index in [-0.39, 0.29) is 23.4 Å². The van der Waals surface area contributed by atoms with Crippen molar-refractivity contribution in [3.8, 4) is 5.75 Å². The van der Waals surface area contributed by atoms with E-state index >= 15 is 0 Å². The zero-order valence-corrected chi connectivity index (χ0v) is 25.4. The summed E-state index contributed by atoms with van der Waals surface area (Å²) in [6, 6.07) is 2.44. The molecule has 3 aliphatic carbocycles. The fraction of sp³-hybridized carbons (Fsp3) is 0.333. The van der Waals surface area contributed by atoms with Gasteiger partial charge >= 0.3 is 11.7 Å². The number of primary amides is 1. The van der Waals surface area contributed by atoms with E-state index in [4.69, 9.17) is 5.73 Å². The van der Waals surface area contributed by atoms with E-state index in [0.717, 1.165) is 18.2 Å². The number of phenols is 1. The van der Waals surface area contributed by atoms with Gasteiger partial charge in [-0.05, 0) is 58.4 Å². The second-order valence-electron chi connectivity index (χ2n) is 12.0. The van der Waals surface area contributed by atoms with Gasteiger partial charge in [0.1, 0.15) is 22.8 Å². The Bertz CT molecular complexity index is 1840. The number of nitrogens with zero attached hydrogens (tertiary/aromatic N) is 3. The first-order valence-corrected chi connectivity index (χ1v) is 14.1. The van der Waals surface area contributed by atoms with Crippen LogP contribution >= 0.6 is 0 Å². The predicted molar refractivity (Wildman–Crippen MR) is 163 cm³/mol. The van der Waals surface area contributed by atoms with Crippen molar-refractivity contribution in [1.29, 1.82) is 0 Å². The highest BCUT2D eigenvalue weighted by molar-refractivity contribution is 6.24. The Morgan fingerprint density at radius 1 is 1.04 bits per heavy atom. The van der Waals surface area contributed by atoms with E-state index < -0.39 is 97.9 Å². The van der Waals surface area contributed by atoms with E-state index in [2.05, 4.69) is 10.6 Å². The standard InChI is InChI=1S/C30H31FN6O10/c1-35(2)21-12-6-8-16(34-29(44)33-11-5-7-15(31)17(9-11)37(46)47)23(38)18(12)24(39)19-13(21)10-14-22(36(3)4)25(40)20(28(32)43)27(42)30(14,45)26(19)41/h5-9,13-14,21-22,38-39,42,45H,10H2,1-4H3,(H2,32,43)(H2,33,34,44)/t13?,14?,21?,22-,30-/m0/s1. The molecule has 0 saturated heterocycles. The zero-order valence-electron chi connectivity index (χ0n) is 25.4. The van der Waals surface area contributed by atoms with Crippen molar-refractivity contribution in [2.75, 3.05) is 38.8 Å². The van der Waals surface area contributed by atoms with Gasteiger partial charge in [-0.1, -0.05) is 6.07 Å². The van der Waals surface area contributed by atoms with Crippen LogP contribution in [0.5, 0.6) is 5.75 Å². The molecule has 0 bridgehead atoms. The van der Waals surface area contributed by atoms with Gasteiger partial charge in [0, 0.05) is 35.2 Å². The molecule has 16 nitrogen and oxygen atoms in total. The lowest BCUT2D eigenvalue weighted by atomic mass is 9.56. The van der Waals surface area contributed by atoms with Crippen molar-refractivity contribution in [2.45, 2.75) is 24.1 Å². The molecule has 2 aromatic rings. The summed E-state index contributed by atoms with van der Waals surface area (Å²) >= 11 is 0. The van der Waals surface area contributed by atoms with Crippen molar-refractivity contribution < 1.29 is 48.9 Å². The highest BCUT2D eigenvalue weighted by atomic mass is 19.1. The number of hydrogen-bond donors (Lipinski definition) is 7. The topological polar surface area (TPSA) is 249 Å². The minimum atomic E-state index is -2.84. The van der Waals surface area contributed by atoms with E-state index in [9.17, 15) is 54.1 Å². The summed E-state index contributed by atoms with van der Waals surface area (Å²) < 4.78 is 13.7. The van der Waals surface area contributed by atoms with Crippen LogP contribution in [0.2, 0.25) is 0 Å². The Balaban J connectivity index is 1.61. The molecular formula is C30H31FN6O10. The first kappa shape index (κ1) is 33.0. The summed E-state index contributed by atoms with van der Waals surface area (Å²) in [5.41, 5.74) is -0.0760. The number of carbonyl (C=O) groups is 4. The normalized spacial score (nSPS) is 25.4. The van der Waals surface area contributed by atoms with Gasteiger partial charge in [0.2, 0.25) is 11.6 Å². The largest absolute Gasteiger partial charge is 0.508 e. The number of nitrogens with two attached hydrogens (primary N) is 1.